The van der Waals surface area contributed by atoms with E-state index < -0.39 is 10.0 Å². The number of hydrogen-bond donors (Lipinski definition) is 2. The summed E-state index contributed by atoms with van der Waals surface area (Å²) in [7, 11) is -3.58. The molecule has 0 saturated heterocycles. The Hall–Kier alpha value is -0.480. The monoisotopic (exact) mass is 381 g/mol. The highest BCUT2D eigenvalue weighted by Crippen LogP contribution is 2.32. The highest BCUT2D eigenvalue weighted by molar-refractivity contribution is 9.11. The lowest BCUT2D eigenvalue weighted by molar-refractivity contribution is 0.603. The van der Waals surface area contributed by atoms with Gasteiger partial charge in [0.2, 0.25) is 0 Å². The van der Waals surface area contributed by atoms with Crippen molar-refractivity contribution in [3.05, 3.63) is 26.5 Å². The van der Waals surface area contributed by atoms with Crippen LogP contribution in [0.4, 0.5) is 5.13 Å². The molecule has 2 aromatic heterocycles. The maximum Gasteiger partial charge on any atom is 0.273 e. The maximum atomic E-state index is 12.2. The molecule has 104 valence electrons. The Morgan fingerprint density at radius 1 is 1.53 bits per heavy atom. The molecular formula is C10H12BrN3O2S3. The normalized spacial score (nSPS) is 13.5. The number of sulfonamides is 1. The summed E-state index contributed by atoms with van der Waals surface area (Å²) in [6, 6.07) is 1.41. The number of anilines is 1. The van der Waals surface area contributed by atoms with Crippen LogP contribution in [0, 0.1) is 6.92 Å². The van der Waals surface area contributed by atoms with E-state index in [4.69, 9.17) is 5.73 Å². The first kappa shape index (κ1) is 14.9. The molecule has 2 rings (SSSR count). The van der Waals surface area contributed by atoms with Gasteiger partial charge in [-0.05, 0) is 41.4 Å². The van der Waals surface area contributed by atoms with Crippen LogP contribution in [0.5, 0.6) is 0 Å². The smallest absolute Gasteiger partial charge is 0.273 e. The molecule has 0 aliphatic rings. The van der Waals surface area contributed by atoms with Crippen molar-refractivity contribution in [1.29, 1.82) is 0 Å². The van der Waals surface area contributed by atoms with Gasteiger partial charge in [-0.15, -0.1) is 22.7 Å². The lowest BCUT2D eigenvalue weighted by Crippen LogP contribution is -2.12. The zero-order chi connectivity index (χ0) is 14.2. The fraction of sp³-hybridized carbons (Fsp3) is 0.300. The van der Waals surface area contributed by atoms with E-state index in [1.54, 1.807) is 18.4 Å². The lowest BCUT2D eigenvalue weighted by Gasteiger charge is -2.02. The van der Waals surface area contributed by atoms with E-state index in [0.29, 0.717) is 10.8 Å². The summed E-state index contributed by atoms with van der Waals surface area (Å²) >= 11 is 5.71. The quantitative estimate of drug-likeness (QED) is 0.851. The Balaban J connectivity index is 2.25. The van der Waals surface area contributed by atoms with Gasteiger partial charge in [-0.3, -0.25) is 4.72 Å². The number of aromatic nitrogens is 1. The van der Waals surface area contributed by atoms with Crippen molar-refractivity contribution in [2.45, 2.75) is 24.1 Å². The Labute approximate surface area is 128 Å². The molecule has 0 aliphatic heterocycles. The van der Waals surface area contributed by atoms with Crippen LogP contribution in [0.25, 0.3) is 0 Å². The van der Waals surface area contributed by atoms with Gasteiger partial charge in [0, 0.05) is 11.4 Å². The van der Waals surface area contributed by atoms with E-state index in [0.717, 1.165) is 9.35 Å². The van der Waals surface area contributed by atoms with Gasteiger partial charge in [-0.25, -0.2) is 13.4 Å². The number of rotatable bonds is 4. The first-order chi connectivity index (χ1) is 8.79. The lowest BCUT2D eigenvalue weighted by atomic mass is 10.3. The number of hydrogen-bond acceptors (Lipinski definition) is 6. The van der Waals surface area contributed by atoms with Gasteiger partial charge in [0.15, 0.2) is 5.13 Å². The average Bonchev–Trinajstić information content (AvgIpc) is 2.87. The molecule has 5 nitrogen and oxygen atoms in total. The van der Waals surface area contributed by atoms with Crippen LogP contribution in [0.3, 0.4) is 0 Å². The summed E-state index contributed by atoms with van der Waals surface area (Å²) < 4.78 is 27.9. The van der Waals surface area contributed by atoms with Gasteiger partial charge in [0.05, 0.1) is 9.48 Å². The minimum Gasteiger partial charge on any atom is -0.323 e. The number of nitrogens with one attached hydrogen (secondary N) is 1. The van der Waals surface area contributed by atoms with E-state index in [1.165, 1.54) is 22.7 Å². The zero-order valence-electron chi connectivity index (χ0n) is 10.2. The molecule has 0 saturated carbocycles. The summed E-state index contributed by atoms with van der Waals surface area (Å²) in [6.07, 6.45) is 0. The summed E-state index contributed by atoms with van der Waals surface area (Å²) in [5.41, 5.74) is 7.25. The van der Waals surface area contributed by atoms with Crippen LogP contribution < -0.4 is 10.5 Å². The average molecular weight is 382 g/mol. The summed E-state index contributed by atoms with van der Waals surface area (Å²) in [5.74, 6) is 0. The van der Waals surface area contributed by atoms with E-state index >= 15 is 0 Å². The standard InChI is InChI=1S/C10H12BrN3O2S3/c1-5-3-8(18-9(5)11)19(15,16)14-10-13-7(4-17-10)6(2)12/h3-4,6H,12H2,1-2H3,(H,13,14). The fourth-order valence-electron chi connectivity index (χ4n) is 1.27. The minimum absolute atomic E-state index is 0.215. The number of halogens is 1. The number of nitrogens with zero attached hydrogens (tertiary/aromatic N) is 1. The third kappa shape index (κ3) is 3.34. The zero-order valence-corrected chi connectivity index (χ0v) is 14.2. The fourth-order valence-corrected chi connectivity index (χ4v) is 5.56. The molecule has 0 bridgehead atoms. The van der Waals surface area contributed by atoms with Gasteiger partial charge < -0.3 is 5.73 Å². The first-order valence-corrected chi connectivity index (χ1v) is 9.26. The Morgan fingerprint density at radius 2 is 2.21 bits per heavy atom. The molecule has 0 amide bonds. The molecule has 1 atom stereocenters. The maximum absolute atomic E-state index is 12.2. The summed E-state index contributed by atoms with van der Waals surface area (Å²) in [5, 5.41) is 2.08. The van der Waals surface area contributed by atoms with E-state index in [9.17, 15) is 8.42 Å². The number of aryl methyl sites for hydroxylation is 1. The molecule has 0 spiro atoms. The molecule has 2 aromatic rings. The molecule has 1 unspecified atom stereocenters. The molecule has 3 N–H and O–H groups in total. The van der Waals surface area contributed by atoms with Crippen LogP contribution in [0.2, 0.25) is 0 Å². The number of thiazole rings is 1. The Morgan fingerprint density at radius 3 is 2.68 bits per heavy atom. The van der Waals surface area contributed by atoms with Crippen LogP contribution in [-0.4, -0.2) is 13.4 Å². The molecule has 9 heteroatoms. The van der Waals surface area contributed by atoms with Crippen LogP contribution in [0.15, 0.2) is 19.4 Å². The van der Waals surface area contributed by atoms with Crippen molar-refractivity contribution in [2.24, 2.45) is 5.73 Å². The van der Waals surface area contributed by atoms with Gasteiger partial charge in [-0.1, -0.05) is 0 Å². The molecular weight excluding hydrogens is 370 g/mol. The van der Waals surface area contributed by atoms with Crippen molar-refractivity contribution in [1.82, 2.24) is 4.98 Å². The molecule has 19 heavy (non-hydrogen) atoms. The molecule has 2 heterocycles. The second-order valence-corrected chi connectivity index (χ2v) is 9.13. The second-order valence-electron chi connectivity index (χ2n) is 3.99. The van der Waals surface area contributed by atoms with Crippen LogP contribution >= 0.6 is 38.6 Å². The first-order valence-electron chi connectivity index (χ1n) is 5.29. The minimum atomic E-state index is -3.58. The summed E-state index contributed by atoms with van der Waals surface area (Å²) in [6.45, 7) is 3.64. The van der Waals surface area contributed by atoms with Gasteiger partial charge in [0.25, 0.3) is 10.0 Å². The van der Waals surface area contributed by atoms with Crippen molar-refractivity contribution in [3.8, 4) is 0 Å². The third-order valence-electron chi connectivity index (χ3n) is 2.31. The predicted octanol–water partition coefficient (Wildman–Crippen LogP) is 3.10. The largest absolute Gasteiger partial charge is 0.323 e. The number of thiophene rings is 1. The molecule has 0 fully saturated rings. The van der Waals surface area contributed by atoms with Crippen molar-refractivity contribution >= 4 is 53.8 Å². The van der Waals surface area contributed by atoms with Crippen molar-refractivity contribution in [2.75, 3.05) is 4.72 Å². The summed E-state index contributed by atoms with van der Waals surface area (Å²) in [4.78, 5) is 4.15. The van der Waals surface area contributed by atoms with Crippen LogP contribution in [0.1, 0.15) is 24.2 Å². The van der Waals surface area contributed by atoms with Gasteiger partial charge in [-0.2, -0.15) is 0 Å². The van der Waals surface area contributed by atoms with Crippen LogP contribution in [-0.2, 0) is 10.0 Å². The van der Waals surface area contributed by atoms with Gasteiger partial charge >= 0.3 is 0 Å². The van der Waals surface area contributed by atoms with E-state index in [1.807, 2.05) is 6.92 Å². The highest BCUT2D eigenvalue weighted by atomic mass is 79.9. The van der Waals surface area contributed by atoms with Crippen molar-refractivity contribution in [3.63, 3.8) is 0 Å². The SMILES string of the molecule is Cc1cc(S(=O)(=O)Nc2nc(C(C)N)cs2)sc1Br. The topological polar surface area (TPSA) is 85.1 Å². The predicted molar refractivity (Wildman–Crippen MR) is 82.3 cm³/mol. The Kier molecular flexibility index (Phi) is 4.31. The highest BCUT2D eigenvalue weighted by Gasteiger charge is 2.20. The number of nitrogens with two attached hydrogens (primary N) is 1. The molecule has 0 aliphatic carbocycles. The van der Waals surface area contributed by atoms with Gasteiger partial charge in [0.1, 0.15) is 4.21 Å². The van der Waals surface area contributed by atoms with Crippen molar-refractivity contribution < 1.29 is 8.42 Å². The third-order valence-corrected chi connectivity index (χ3v) is 7.16. The van der Waals surface area contributed by atoms with E-state index in [2.05, 4.69) is 25.6 Å². The molecule has 0 radical (unpaired) electrons. The Bertz CT molecular complexity index is 671. The van der Waals surface area contributed by atoms with E-state index in [-0.39, 0.29) is 10.3 Å². The second kappa shape index (κ2) is 5.49. The molecule has 0 aromatic carbocycles.